The molecule has 1 amide bonds. The van der Waals surface area contributed by atoms with Gasteiger partial charge in [-0.3, -0.25) is 4.79 Å². The third-order valence-corrected chi connectivity index (χ3v) is 4.81. The fourth-order valence-corrected chi connectivity index (χ4v) is 3.34. The highest BCUT2D eigenvalue weighted by Crippen LogP contribution is 2.27. The zero-order chi connectivity index (χ0) is 18.5. The van der Waals surface area contributed by atoms with Crippen molar-refractivity contribution in [2.24, 2.45) is 11.7 Å². The summed E-state index contributed by atoms with van der Waals surface area (Å²) < 4.78 is 5.69. The van der Waals surface area contributed by atoms with Gasteiger partial charge in [0.05, 0.1) is 13.0 Å². The van der Waals surface area contributed by atoms with Crippen molar-refractivity contribution in [3.8, 4) is 5.75 Å². The van der Waals surface area contributed by atoms with Crippen LogP contribution in [0.25, 0.3) is 0 Å². The fraction of sp³-hybridized carbons (Fsp3) is 0.409. The summed E-state index contributed by atoms with van der Waals surface area (Å²) in [6.45, 7) is 6.26. The molecule has 2 atom stereocenters. The van der Waals surface area contributed by atoms with E-state index in [1.807, 2.05) is 47.4 Å². The normalized spacial score (nSPS) is 19.0. The smallest absolute Gasteiger partial charge is 0.227 e. The van der Waals surface area contributed by atoms with Gasteiger partial charge in [-0.25, -0.2) is 0 Å². The molecule has 0 aromatic heterocycles. The molecule has 0 bridgehead atoms. The average Bonchev–Trinajstić information content (AvgIpc) is 3.04. The number of ether oxygens (including phenoxy) is 1. The average molecular weight is 389 g/mol. The quantitative estimate of drug-likeness (QED) is 0.821. The van der Waals surface area contributed by atoms with Crippen LogP contribution >= 0.6 is 12.4 Å². The largest absolute Gasteiger partial charge is 0.493 e. The summed E-state index contributed by atoms with van der Waals surface area (Å²) in [6, 6.07) is 18.0. The minimum absolute atomic E-state index is 0. The molecular formula is C22H29ClN2O2. The van der Waals surface area contributed by atoms with Gasteiger partial charge in [0, 0.05) is 25.0 Å². The first-order chi connectivity index (χ1) is 12.5. The van der Waals surface area contributed by atoms with Gasteiger partial charge in [0.15, 0.2) is 0 Å². The van der Waals surface area contributed by atoms with Gasteiger partial charge in [-0.15, -0.1) is 12.4 Å². The number of hydrogen-bond acceptors (Lipinski definition) is 3. The fourth-order valence-electron chi connectivity index (χ4n) is 3.34. The lowest BCUT2D eigenvalue weighted by Gasteiger charge is -2.17. The van der Waals surface area contributed by atoms with Gasteiger partial charge in [0.25, 0.3) is 0 Å². The van der Waals surface area contributed by atoms with Crippen molar-refractivity contribution in [2.45, 2.75) is 32.2 Å². The van der Waals surface area contributed by atoms with Gasteiger partial charge in [-0.1, -0.05) is 56.3 Å². The molecule has 2 aromatic carbocycles. The maximum atomic E-state index is 12.7. The van der Waals surface area contributed by atoms with Gasteiger partial charge in [0.1, 0.15) is 5.75 Å². The molecule has 3 rings (SSSR count). The number of halogens is 1. The molecule has 1 fully saturated rings. The van der Waals surface area contributed by atoms with Crippen molar-refractivity contribution in [2.75, 3.05) is 19.7 Å². The van der Waals surface area contributed by atoms with E-state index in [2.05, 4.69) is 26.0 Å². The highest BCUT2D eigenvalue weighted by Gasteiger charge is 2.33. The minimum Gasteiger partial charge on any atom is -0.493 e. The molecule has 1 heterocycles. The Bertz CT molecular complexity index is 719. The molecule has 0 spiro atoms. The molecule has 0 radical (unpaired) electrons. The molecule has 0 saturated carbocycles. The summed E-state index contributed by atoms with van der Waals surface area (Å²) in [6.07, 6.45) is 0.401. The van der Waals surface area contributed by atoms with E-state index in [-0.39, 0.29) is 30.3 Å². The Morgan fingerprint density at radius 3 is 2.41 bits per heavy atom. The molecule has 27 heavy (non-hydrogen) atoms. The first kappa shape index (κ1) is 21.3. The molecule has 4 nitrogen and oxygen atoms in total. The van der Waals surface area contributed by atoms with Gasteiger partial charge in [0.2, 0.25) is 5.91 Å². The van der Waals surface area contributed by atoms with Crippen LogP contribution < -0.4 is 10.5 Å². The van der Waals surface area contributed by atoms with E-state index in [4.69, 9.17) is 10.5 Å². The number of carbonyl (C=O) groups excluding carboxylic acids is 1. The number of carbonyl (C=O) groups is 1. The summed E-state index contributed by atoms with van der Waals surface area (Å²) >= 11 is 0. The number of benzene rings is 2. The second kappa shape index (κ2) is 9.77. The van der Waals surface area contributed by atoms with E-state index >= 15 is 0 Å². The van der Waals surface area contributed by atoms with Crippen LogP contribution in [-0.2, 0) is 11.2 Å². The number of nitrogens with two attached hydrogens (primary N) is 1. The highest BCUT2D eigenvalue weighted by atomic mass is 35.5. The molecule has 5 heteroatoms. The van der Waals surface area contributed by atoms with Crippen molar-refractivity contribution in [3.63, 3.8) is 0 Å². The van der Waals surface area contributed by atoms with E-state index in [9.17, 15) is 4.79 Å². The van der Waals surface area contributed by atoms with Crippen LogP contribution in [0.2, 0.25) is 0 Å². The Balaban J connectivity index is 0.00000261. The molecular weight excluding hydrogens is 360 g/mol. The van der Waals surface area contributed by atoms with Crippen molar-refractivity contribution >= 4 is 18.3 Å². The molecule has 0 unspecified atom stereocenters. The Morgan fingerprint density at radius 2 is 1.78 bits per heavy atom. The Labute approximate surface area is 168 Å². The van der Waals surface area contributed by atoms with Crippen molar-refractivity contribution in [1.29, 1.82) is 0 Å². The predicted octanol–water partition coefficient (Wildman–Crippen LogP) is 3.64. The maximum absolute atomic E-state index is 12.7. The summed E-state index contributed by atoms with van der Waals surface area (Å²) in [7, 11) is 0. The Morgan fingerprint density at radius 1 is 1.11 bits per heavy atom. The first-order valence-corrected chi connectivity index (χ1v) is 9.33. The van der Waals surface area contributed by atoms with Crippen LogP contribution in [0.4, 0.5) is 0 Å². The number of hydrogen-bond donors (Lipinski definition) is 1. The third kappa shape index (κ3) is 5.72. The minimum atomic E-state index is -0.00633. The molecule has 146 valence electrons. The van der Waals surface area contributed by atoms with Gasteiger partial charge in [-0.05, 0) is 29.2 Å². The predicted molar refractivity (Wildman–Crippen MR) is 111 cm³/mol. The summed E-state index contributed by atoms with van der Waals surface area (Å²) in [5.41, 5.74) is 8.51. The summed E-state index contributed by atoms with van der Waals surface area (Å²) in [5.74, 6) is 1.69. The summed E-state index contributed by atoms with van der Waals surface area (Å²) in [4.78, 5) is 14.6. The van der Waals surface area contributed by atoms with Gasteiger partial charge >= 0.3 is 0 Å². The molecule has 0 aliphatic carbocycles. The highest BCUT2D eigenvalue weighted by molar-refractivity contribution is 5.85. The van der Waals surface area contributed by atoms with E-state index in [1.54, 1.807) is 0 Å². The van der Waals surface area contributed by atoms with Gasteiger partial charge in [-0.2, -0.15) is 0 Å². The van der Waals surface area contributed by atoms with E-state index in [0.29, 0.717) is 32.0 Å². The van der Waals surface area contributed by atoms with Crippen molar-refractivity contribution in [3.05, 3.63) is 65.7 Å². The van der Waals surface area contributed by atoms with Crippen molar-refractivity contribution < 1.29 is 9.53 Å². The summed E-state index contributed by atoms with van der Waals surface area (Å²) in [5, 5.41) is 0. The number of amides is 1. The second-order valence-corrected chi connectivity index (χ2v) is 7.51. The lowest BCUT2D eigenvalue weighted by atomic mass is 9.95. The number of likely N-dealkylation sites (tertiary alicyclic amines) is 1. The van der Waals surface area contributed by atoms with Crippen LogP contribution in [-0.4, -0.2) is 36.5 Å². The third-order valence-electron chi connectivity index (χ3n) is 4.81. The number of rotatable bonds is 6. The lowest BCUT2D eigenvalue weighted by Crippen LogP contribution is -2.33. The second-order valence-electron chi connectivity index (χ2n) is 7.51. The Kier molecular flexibility index (Phi) is 7.69. The molecule has 1 aliphatic heterocycles. The van der Waals surface area contributed by atoms with Crippen LogP contribution in [0.15, 0.2) is 54.6 Å². The van der Waals surface area contributed by atoms with Crippen molar-refractivity contribution in [1.82, 2.24) is 4.90 Å². The lowest BCUT2D eigenvalue weighted by molar-refractivity contribution is -0.129. The first-order valence-electron chi connectivity index (χ1n) is 9.33. The molecule has 1 aliphatic rings. The monoisotopic (exact) mass is 388 g/mol. The molecule has 2 N–H and O–H groups in total. The van der Waals surface area contributed by atoms with Crippen LogP contribution in [0.5, 0.6) is 5.75 Å². The van der Waals surface area contributed by atoms with E-state index in [0.717, 1.165) is 11.3 Å². The van der Waals surface area contributed by atoms with Crippen LogP contribution in [0.3, 0.4) is 0 Å². The SMILES string of the molecule is CC(C)COc1ccc(CC(=O)N2C[C@@H](N)[C@H](c3ccccc3)C2)cc1.Cl. The number of nitrogens with zero attached hydrogens (tertiary/aromatic N) is 1. The van der Waals surface area contributed by atoms with E-state index in [1.165, 1.54) is 5.56 Å². The maximum Gasteiger partial charge on any atom is 0.227 e. The van der Waals surface area contributed by atoms with Crippen LogP contribution in [0, 0.1) is 5.92 Å². The Hall–Kier alpha value is -2.04. The topological polar surface area (TPSA) is 55.6 Å². The van der Waals surface area contributed by atoms with Gasteiger partial charge < -0.3 is 15.4 Å². The zero-order valence-corrected chi connectivity index (χ0v) is 16.8. The zero-order valence-electron chi connectivity index (χ0n) is 16.0. The van der Waals surface area contributed by atoms with E-state index < -0.39 is 0 Å². The molecule has 1 saturated heterocycles. The molecule has 2 aromatic rings. The standard InChI is InChI=1S/C22H28N2O2.ClH/c1-16(2)15-26-19-10-8-17(9-11-19)12-22(25)24-13-20(21(23)14-24)18-6-4-3-5-7-18;/h3-11,16,20-21H,12-15,23H2,1-2H3;1H/t20-,21+;/m0./s1. The van der Waals surface area contributed by atoms with Crippen LogP contribution in [0.1, 0.15) is 30.9 Å².